The van der Waals surface area contributed by atoms with Crippen molar-refractivity contribution in [3.63, 3.8) is 0 Å². The van der Waals surface area contributed by atoms with Gasteiger partial charge in [-0.25, -0.2) is 4.39 Å². The summed E-state index contributed by atoms with van der Waals surface area (Å²) in [4.78, 5) is 25.2. The van der Waals surface area contributed by atoms with Crippen molar-refractivity contribution in [3.05, 3.63) is 59.9 Å². The first kappa shape index (κ1) is 16.8. The maximum Gasteiger partial charge on any atom is 0.239 e. The van der Waals surface area contributed by atoms with Crippen LogP contribution in [-0.4, -0.2) is 23.4 Å². The molecule has 1 saturated heterocycles. The van der Waals surface area contributed by atoms with Crippen molar-refractivity contribution in [1.29, 1.82) is 0 Å². The number of nitrogens with one attached hydrogen (secondary N) is 1. The molecular formula is C17H14ClFN2O2S. The third-order valence-corrected chi connectivity index (χ3v) is 5.03. The molecule has 0 bridgehead atoms. The summed E-state index contributed by atoms with van der Waals surface area (Å²) in [7, 11) is 0. The maximum absolute atomic E-state index is 13.1. The summed E-state index contributed by atoms with van der Waals surface area (Å²) in [5.74, 6) is -0.368. The van der Waals surface area contributed by atoms with E-state index in [-0.39, 0.29) is 28.9 Å². The molecule has 1 aliphatic heterocycles. The monoisotopic (exact) mass is 364 g/mol. The summed E-state index contributed by atoms with van der Waals surface area (Å²) >= 11 is 6.97. The zero-order valence-electron chi connectivity index (χ0n) is 12.5. The zero-order chi connectivity index (χ0) is 17.1. The van der Waals surface area contributed by atoms with Crippen molar-refractivity contribution in [2.45, 2.75) is 5.37 Å². The number of nitrogens with zero attached hydrogens (tertiary/aromatic N) is 1. The minimum absolute atomic E-state index is 0.0175. The molecular weight excluding hydrogens is 351 g/mol. The number of hydrogen-bond acceptors (Lipinski definition) is 3. The molecule has 0 spiro atoms. The largest absolute Gasteiger partial charge is 0.325 e. The normalized spacial score (nSPS) is 17.2. The third-order valence-electron chi connectivity index (χ3n) is 3.57. The van der Waals surface area contributed by atoms with Gasteiger partial charge in [-0.05, 0) is 42.0 Å². The molecule has 0 saturated carbocycles. The molecule has 2 aromatic carbocycles. The highest BCUT2D eigenvalue weighted by atomic mass is 35.5. The van der Waals surface area contributed by atoms with Crippen LogP contribution in [0.15, 0.2) is 48.5 Å². The Labute approximate surface area is 148 Å². The Morgan fingerprint density at radius 1 is 1.21 bits per heavy atom. The highest BCUT2D eigenvalue weighted by Crippen LogP contribution is 2.41. The topological polar surface area (TPSA) is 49.4 Å². The highest BCUT2D eigenvalue weighted by molar-refractivity contribution is 8.00. The quantitative estimate of drug-likeness (QED) is 0.840. The Morgan fingerprint density at radius 3 is 2.50 bits per heavy atom. The standard InChI is InChI=1S/C17H14ClFN2O2S/c18-9-15(22)20-13-5-1-11(2-6-13)17-21(16(23)10-24-17)14-7-3-12(19)4-8-14/h1-8,17H,9-10H2,(H,20,22)/t17-/m0/s1. The first-order valence-corrected chi connectivity index (χ1v) is 8.82. The number of thioether (sulfide) groups is 1. The maximum atomic E-state index is 13.1. The van der Waals surface area contributed by atoms with E-state index < -0.39 is 0 Å². The van der Waals surface area contributed by atoms with Crippen molar-refractivity contribution in [3.8, 4) is 0 Å². The van der Waals surface area contributed by atoms with Gasteiger partial charge in [-0.2, -0.15) is 0 Å². The summed E-state index contributed by atoms with van der Waals surface area (Å²) in [6.07, 6.45) is 0. The van der Waals surface area contributed by atoms with Gasteiger partial charge in [-0.3, -0.25) is 14.5 Å². The molecule has 0 aliphatic carbocycles. The third kappa shape index (κ3) is 3.55. The van der Waals surface area contributed by atoms with E-state index in [2.05, 4.69) is 5.32 Å². The average molecular weight is 365 g/mol. The minimum Gasteiger partial charge on any atom is -0.325 e. The van der Waals surface area contributed by atoms with Gasteiger partial charge in [-0.15, -0.1) is 23.4 Å². The Bertz CT molecular complexity index is 752. The number of alkyl halides is 1. The SMILES string of the molecule is O=C(CCl)Nc1ccc([C@@H]2SCC(=O)N2c2ccc(F)cc2)cc1. The van der Waals surface area contributed by atoms with Crippen LogP contribution in [0.5, 0.6) is 0 Å². The zero-order valence-corrected chi connectivity index (χ0v) is 14.1. The van der Waals surface area contributed by atoms with Gasteiger partial charge in [0.05, 0.1) is 5.75 Å². The fraction of sp³-hybridized carbons (Fsp3) is 0.176. The van der Waals surface area contributed by atoms with Crippen LogP contribution in [0.4, 0.5) is 15.8 Å². The van der Waals surface area contributed by atoms with Crippen molar-refractivity contribution in [2.75, 3.05) is 21.8 Å². The molecule has 0 unspecified atom stereocenters. The van der Waals surface area contributed by atoms with E-state index in [1.165, 1.54) is 23.9 Å². The van der Waals surface area contributed by atoms with Gasteiger partial charge in [0.1, 0.15) is 17.1 Å². The lowest BCUT2D eigenvalue weighted by atomic mass is 10.1. The van der Waals surface area contributed by atoms with Crippen molar-refractivity contribution >= 4 is 46.6 Å². The number of benzene rings is 2. The first-order valence-electron chi connectivity index (χ1n) is 7.23. The van der Waals surface area contributed by atoms with Crippen molar-refractivity contribution in [1.82, 2.24) is 0 Å². The van der Waals surface area contributed by atoms with E-state index in [1.807, 2.05) is 12.1 Å². The van der Waals surface area contributed by atoms with E-state index in [0.717, 1.165) is 5.56 Å². The van der Waals surface area contributed by atoms with Crippen LogP contribution < -0.4 is 10.2 Å². The number of anilines is 2. The van der Waals surface area contributed by atoms with Gasteiger partial charge < -0.3 is 5.32 Å². The first-order chi connectivity index (χ1) is 11.6. The average Bonchev–Trinajstić information content (AvgIpc) is 2.98. The van der Waals surface area contributed by atoms with E-state index in [9.17, 15) is 14.0 Å². The van der Waals surface area contributed by atoms with Gasteiger partial charge >= 0.3 is 0 Å². The van der Waals surface area contributed by atoms with Gasteiger partial charge in [-0.1, -0.05) is 12.1 Å². The predicted octanol–water partition coefficient (Wildman–Crippen LogP) is 3.78. The van der Waals surface area contributed by atoms with Crippen LogP contribution in [0.1, 0.15) is 10.9 Å². The molecule has 0 aromatic heterocycles. The van der Waals surface area contributed by atoms with Crippen LogP contribution in [0, 0.1) is 5.82 Å². The Morgan fingerprint density at radius 2 is 1.88 bits per heavy atom. The molecule has 3 rings (SSSR count). The lowest BCUT2D eigenvalue weighted by Gasteiger charge is -2.24. The molecule has 1 N–H and O–H groups in total. The summed E-state index contributed by atoms with van der Waals surface area (Å²) < 4.78 is 13.1. The van der Waals surface area contributed by atoms with Crippen LogP contribution in [0.3, 0.4) is 0 Å². The van der Waals surface area contributed by atoms with Gasteiger partial charge in [0.15, 0.2) is 0 Å². The van der Waals surface area contributed by atoms with Crippen LogP contribution in [-0.2, 0) is 9.59 Å². The molecule has 1 atom stereocenters. The molecule has 0 radical (unpaired) electrons. The number of amides is 2. The number of rotatable bonds is 4. The van der Waals surface area contributed by atoms with E-state index in [0.29, 0.717) is 17.1 Å². The van der Waals surface area contributed by atoms with Crippen molar-refractivity contribution in [2.24, 2.45) is 0 Å². The molecule has 1 aliphatic rings. The van der Waals surface area contributed by atoms with Gasteiger partial charge in [0.25, 0.3) is 0 Å². The molecule has 7 heteroatoms. The van der Waals surface area contributed by atoms with Gasteiger partial charge in [0.2, 0.25) is 11.8 Å². The second kappa shape index (κ2) is 7.23. The van der Waals surface area contributed by atoms with Crippen LogP contribution in [0.2, 0.25) is 0 Å². The number of hydrogen-bond donors (Lipinski definition) is 1. The number of carbonyl (C=O) groups is 2. The molecule has 2 amide bonds. The Balaban J connectivity index is 1.83. The van der Waals surface area contributed by atoms with E-state index in [4.69, 9.17) is 11.6 Å². The molecule has 124 valence electrons. The number of halogens is 2. The second-order valence-electron chi connectivity index (χ2n) is 5.21. The minimum atomic E-state index is -0.339. The number of carbonyl (C=O) groups excluding carboxylic acids is 2. The molecule has 4 nitrogen and oxygen atoms in total. The highest BCUT2D eigenvalue weighted by Gasteiger charge is 2.33. The van der Waals surface area contributed by atoms with Crippen LogP contribution in [0.25, 0.3) is 0 Å². The molecule has 2 aromatic rings. The fourth-order valence-electron chi connectivity index (χ4n) is 2.48. The Hall–Kier alpha value is -2.05. The predicted molar refractivity (Wildman–Crippen MR) is 94.9 cm³/mol. The summed E-state index contributed by atoms with van der Waals surface area (Å²) in [6, 6.07) is 13.1. The van der Waals surface area contributed by atoms with Crippen molar-refractivity contribution < 1.29 is 14.0 Å². The summed E-state index contributed by atoms with van der Waals surface area (Å²) in [6.45, 7) is 0. The second-order valence-corrected chi connectivity index (χ2v) is 6.54. The lowest BCUT2D eigenvalue weighted by molar-refractivity contribution is -0.116. The smallest absolute Gasteiger partial charge is 0.239 e. The molecule has 1 heterocycles. The lowest BCUT2D eigenvalue weighted by Crippen LogP contribution is -2.27. The molecule has 24 heavy (non-hydrogen) atoms. The fourth-order valence-corrected chi connectivity index (χ4v) is 3.72. The van der Waals surface area contributed by atoms with Crippen LogP contribution >= 0.6 is 23.4 Å². The summed E-state index contributed by atoms with van der Waals surface area (Å²) in [5.41, 5.74) is 2.24. The van der Waals surface area contributed by atoms with E-state index >= 15 is 0 Å². The van der Waals surface area contributed by atoms with Gasteiger partial charge in [0, 0.05) is 11.4 Å². The Kier molecular flexibility index (Phi) is 5.06. The molecule has 1 fully saturated rings. The van der Waals surface area contributed by atoms with E-state index in [1.54, 1.807) is 29.2 Å². The summed E-state index contributed by atoms with van der Waals surface area (Å²) in [5, 5.41) is 2.49.